The van der Waals surface area contributed by atoms with E-state index in [4.69, 9.17) is 0 Å². The van der Waals surface area contributed by atoms with Crippen molar-refractivity contribution in [3.8, 4) is 0 Å². The molecule has 0 amide bonds. The average molecular weight is 118 g/mol. The number of carbonyl (C=O) groups is 1. The molecule has 0 aliphatic rings. The Bertz CT molecular complexity index is 51.0. The number of halogens is 1. The van der Waals surface area contributed by atoms with Crippen molar-refractivity contribution in [1.29, 1.82) is 0 Å². The van der Waals surface area contributed by atoms with Gasteiger partial charge in [0.15, 0.2) is 0 Å². The Balaban J connectivity index is -0.0000000800. The minimum absolute atomic E-state index is 0. The van der Waals surface area contributed by atoms with Gasteiger partial charge in [-0.2, -0.15) is 0 Å². The SMILES string of the molecule is CC(=O)OCl.[H-].[Na+]. The van der Waals surface area contributed by atoms with E-state index in [2.05, 4.69) is 16.2 Å². The molecule has 2 nitrogen and oxygen atoms in total. The molecule has 0 aromatic heterocycles. The quantitative estimate of drug-likeness (QED) is 0.338. The zero-order chi connectivity index (χ0) is 4.28. The fourth-order valence-corrected chi connectivity index (χ4v) is 0. The minimum atomic E-state index is -0.480. The van der Waals surface area contributed by atoms with Crippen LogP contribution in [0.2, 0.25) is 0 Å². The van der Waals surface area contributed by atoms with Crippen LogP contribution in [0.4, 0.5) is 0 Å². The smallest absolute Gasteiger partial charge is 1.00 e. The molecule has 0 radical (unpaired) electrons. The molecular formula is C2H4ClNaO2. The first-order valence-corrected chi connectivity index (χ1v) is 1.37. The summed E-state index contributed by atoms with van der Waals surface area (Å²) in [5.74, 6) is -0.480. The van der Waals surface area contributed by atoms with Crippen molar-refractivity contribution < 1.29 is 40.1 Å². The van der Waals surface area contributed by atoms with Crippen LogP contribution in [-0.2, 0) is 9.08 Å². The first kappa shape index (κ1) is 9.90. The van der Waals surface area contributed by atoms with Crippen LogP contribution in [0.1, 0.15) is 8.35 Å². The number of carbonyl (C=O) groups excluding carboxylic acids is 1. The van der Waals surface area contributed by atoms with Gasteiger partial charge in [-0.05, 0) is 0 Å². The van der Waals surface area contributed by atoms with Gasteiger partial charge in [0.1, 0.15) is 11.9 Å². The van der Waals surface area contributed by atoms with Gasteiger partial charge in [0.05, 0.1) is 0 Å². The second kappa shape index (κ2) is 5.76. The third-order valence-electron chi connectivity index (χ3n) is 0.109. The molecular weight excluding hydrogens is 114 g/mol. The maximum Gasteiger partial charge on any atom is 1.00 e. The molecule has 0 unspecified atom stereocenters. The molecule has 0 aromatic carbocycles. The van der Waals surface area contributed by atoms with E-state index in [1.54, 1.807) is 0 Å². The molecule has 6 heavy (non-hydrogen) atoms. The van der Waals surface area contributed by atoms with E-state index in [-0.39, 0.29) is 31.0 Å². The Kier molecular flexibility index (Phi) is 9.50. The predicted octanol–water partition coefficient (Wildman–Crippen LogP) is -2.18. The zero-order valence-corrected chi connectivity index (χ0v) is 6.45. The molecule has 0 N–H and O–H groups in total. The molecule has 0 aliphatic heterocycles. The van der Waals surface area contributed by atoms with Crippen molar-refractivity contribution in [2.75, 3.05) is 0 Å². The summed E-state index contributed by atoms with van der Waals surface area (Å²) in [6.07, 6.45) is 0. The van der Waals surface area contributed by atoms with Crippen LogP contribution in [0.15, 0.2) is 0 Å². The van der Waals surface area contributed by atoms with Crippen molar-refractivity contribution in [2.24, 2.45) is 0 Å². The van der Waals surface area contributed by atoms with Gasteiger partial charge in [0, 0.05) is 6.92 Å². The van der Waals surface area contributed by atoms with Gasteiger partial charge in [-0.15, -0.1) is 0 Å². The summed E-state index contributed by atoms with van der Waals surface area (Å²) in [6, 6.07) is 0. The summed E-state index contributed by atoms with van der Waals surface area (Å²) in [7, 11) is 0. The summed E-state index contributed by atoms with van der Waals surface area (Å²) in [5, 5.41) is 0. The molecule has 0 heterocycles. The molecule has 0 spiro atoms. The predicted molar refractivity (Wildman–Crippen MR) is 18.7 cm³/mol. The summed E-state index contributed by atoms with van der Waals surface area (Å²) < 4.78 is 3.58. The Hall–Kier alpha value is 0.760. The topological polar surface area (TPSA) is 26.3 Å². The number of hydrogen-bond donors (Lipinski definition) is 0. The van der Waals surface area contributed by atoms with E-state index >= 15 is 0 Å². The van der Waals surface area contributed by atoms with Crippen LogP contribution in [-0.4, -0.2) is 5.97 Å². The van der Waals surface area contributed by atoms with Crippen LogP contribution >= 0.6 is 11.9 Å². The van der Waals surface area contributed by atoms with Crippen LogP contribution in [0.5, 0.6) is 0 Å². The Morgan fingerprint density at radius 3 is 2.17 bits per heavy atom. The fraction of sp³-hybridized carbons (Fsp3) is 0.500. The van der Waals surface area contributed by atoms with Crippen molar-refractivity contribution in [2.45, 2.75) is 6.92 Å². The van der Waals surface area contributed by atoms with Crippen molar-refractivity contribution in [1.82, 2.24) is 0 Å². The Morgan fingerprint density at radius 2 is 2.17 bits per heavy atom. The molecule has 0 saturated heterocycles. The number of hydrogen-bond acceptors (Lipinski definition) is 2. The molecule has 0 fully saturated rings. The minimum Gasteiger partial charge on any atom is -1.00 e. The summed E-state index contributed by atoms with van der Waals surface area (Å²) in [5.41, 5.74) is 0. The third-order valence-corrected chi connectivity index (χ3v) is 0.326. The number of rotatable bonds is 0. The van der Waals surface area contributed by atoms with Gasteiger partial charge in [-0.1, -0.05) is 0 Å². The zero-order valence-electron chi connectivity index (χ0n) is 4.69. The van der Waals surface area contributed by atoms with E-state index < -0.39 is 5.97 Å². The fourth-order valence-electron chi connectivity index (χ4n) is 0. The van der Waals surface area contributed by atoms with Gasteiger partial charge < -0.3 is 5.72 Å². The maximum atomic E-state index is 9.46. The van der Waals surface area contributed by atoms with E-state index in [1.165, 1.54) is 6.92 Å². The van der Waals surface area contributed by atoms with Gasteiger partial charge >= 0.3 is 35.5 Å². The van der Waals surface area contributed by atoms with Gasteiger partial charge in [0.2, 0.25) is 0 Å². The molecule has 32 valence electrons. The molecule has 4 heteroatoms. The van der Waals surface area contributed by atoms with Gasteiger partial charge in [-0.25, -0.2) is 0 Å². The Labute approximate surface area is 64.8 Å². The normalized spacial score (nSPS) is 5.67. The van der Waals surface area contributed by atoms with E-state index in [1.807, 2.05) is 0 Å². The van der Waals surface area contributed by atoms with Crippen molar-refractivity contribution in [3.05, 3.63) is 0 Å². The van der Waals surface area contributed by atoms with E-state index in [0.717, 1.165) is 0 Å². The first-order valence-electron chi connectivity index (χ1n) is 1.06. The summed E-state index contributed by atoms with van der Waals surface area (Å²) in [6.45, 7) is 1.23. The van der Waals surface area contributed by atoms with Crippen LogP contribution in [0.25, 0.3) is 0 Å². The van der Waals surface area contributed by atoms with Crippen LogP contribution < -0.4 is 29.6 Å². The molecule has 0 saturated carbocycles. The van der Waals surface area contributed by atoms with Gasteiger partial charge in [-0.3, -0.25) is 4.79 Å². The summed E-state index contributed by atoms with van der Waals surface area (Å²) >= 11 is 4.49. The molecule has 0 aromatic rings. The van der Waals surface area contributed by atoms with Crippen molar-refractivity contribution >= 4 is 17.8 Å². The van der Waals surface area contributed by atoms with E-state index in [0.29, 0.717) is 0 Å². The van der Waals surface area contributed by atoms with Crippen LogP contribution in [0, 0.1) is 0 Å². The maximum absolute atomic E-state index is 9.46. The second-order valence-electron chi connectivity index (χ2n) is 0.569. The first-order chi connectivity index (χ1) is 2.27. The standard InChI is InChI=1S/C2H3ClO2.Na.H/c1-2(4)5-3;;/h1H3;;/q;+1;-1. The second-order valence-corrected chi connectivity index (χ2v) is 0.723. The monoisotopic (exact) mass is 118 g/mol. The largest absolute Gasteiger partial charge is 1.00 e. The third kappa shape index (κ3) is 8.83. The average Bonchev–Trinajstić information content (AvgIpc) is 1.38. The molecule has 0 rings (SSSR count). The van der Waals surface area contributed by atoms with Crippen LogP contribution in [0.3, 0.4) is 0 Å². The Morgan fingerprint density at radius 1 is 2.00 bits per heavy atom. The molecule has 0 bridgehead atoms. The summed E-state index contributed by atoms with van der Waals surface area (Å²) in [4.78, 5) is 9.46. The molecule has 0 aliphatic carbocycles. The van der Waals surface area contributed by atoms with Crippen molar-refractivity contribution in [3.63, 3.8) is 0 Å². The van der Waals surface area contributed by atoms with E-state index in [9.17, 15) is 4.79 Å². The molecule has 0 atom stereocenters. The van der Waals surface area contributed by atoms with Gasteiger partial charge in [0.25, 0.3) is 0 Å².